The fraction of sp³-hybridized carbons (Fsp3) is 0.667. The van der Waals surface area contributed by atoms with Crippen LogP contribution in [0.1, 0.15) is 34.1 Å². The van der Waals surface area contributed by atoms with E-state index in [1.54, 1.807) is 0 Å². The lowest BCUT2D eigenvalue weighted by Crippen LogP contribution is -1.89. The summed E-state index contributed by atoms with van der Waals surface area (Å²) in [6.45, 7) is 8.59. The van der Waals surface area contributed by atoms with Gasteiger partial charge < -0.3 is 0 Å². The lowest BCUT2D eigenvalue weighted by molar-refractivity contribution is 0.734. The largest absolute Gasteiger partial charge is 0.126 e. The number of allylic oxidation sites excluding steroid dienone is 1. The number of rotatable bonds is 2. The number of hydrogen-bond donors (Lipinski definition) is 0. The van der Waals surface area contributed by atoms with Gasteiger partial charge in [-0.3, -0.25) is 0 Å². The molecule has 9 heavy (non-hydrogen) atoms. The lowest BCUT2D eigenvalue weighted by Gasteiger charge is -2.03. The van der Waals surface area contributed by atoms with Gasteiger partial charge in [-0.15, -0.1) is 5.73 Å². The zero-order chi connectivity index (χ0) is 7.28. The summed E-state index contributed by atoms with van der Waals surface area (Å²) in [6.07, 6.45) is 3.11. The third-order valence-electron chi connectivity index (χ3n) is 1.41. The SMILES string of the molecule is CC=C=C(CC)C(C)C. The Morgan fingerprint density at radius 1 is 1.56 bits per heavy atom. The Morgan fingerprint density at radius 3 is 2.22 bits per heavy atom. The average Bonchev–Trinajstić information content (AvgIpc) is 1.82. The van der Waals surface area contributed by atoms with E-state index in [9.17, 15) is 0 Å². The van der Waals surface area contributed by atoms with Gasteiger partial charge in [0.1, 0.15) is 0 Å². The van der Waals surface area contributed by atoms with Crippen molar-refractivity contribution in [3.8, 4) is 0 Å². The third-order valence-corrected chi connectivity index (χ3v) is 1.41. The van der Waals surface area contributed by atoms with Crippen molar-refractivity contribution < 1.29 is 0 Å². The predicted molar refractivity (Wildman–Crippen MR) is 42.4 cm³/mol. The van der Waals surface area contributed by atoms with E-state index < -0.39 is 0 Å². The first-order valence-electron chi connectivity index (χ1n) is 3.62. The molecule has 0 aliphatic carbocycles. The molecule has 0 aliphatic rings. The molecule has 0 nitrogen and oxygen atoms in total. The first-order chi connectivity index (χ1) is 4.22. The van der Waals surface area contributed by atoms with Crippen molar-refractivity contribution in [2.45, 2.75) is 34.1 Å². The Labute approximate surface area is 58.3 Å². The summed E-state index contributed by atoms with van der Waals surface area (Å²) in [6, 6.07) is 0. The topological polar surface area (TPSA) is 0 Å². The van der Waals surface area contributed by atoms with E-state index in [-0.39, 0.29) is 0 Å². The van der Waals surface area contributed by atoms with Gasteiger partial charge in [-0.1, -0.05) is 20.8 Å². The summed E-state index contributed by atoms with van der Waals surface area (Å²) >= 11 is 0. The molecule has 0 N–H and O–H groups in total. The first kappa shape index (κ1) is 8.52. The summed E-state index contributed by atoms with van der Waals surface area (Å²) in [4.78, 5) is 0. The van der Waals surface area contributed by atoms with E-state index in [1.165, 1.54) is 5.57 Å². The second-order valence-electron chi connectivity index (χ2n) is 2.47. The maximum Gasteiger partial charge on any atom is -0.0184 e. The Hall–Kier alpha value is -0.480. The van der Waals surface area contributed by atoms with Gasteiger partial charge in [0.2, 0.25) is 0 Å². The minimum Gasteiger partial charge on any atom is -0.126 e. The molecule has 0 unspecified atom stereocenters. The molecule has 0 radical (unpaired) electrons. The highest BCUT2D eigenvalue weighted by atomic mass is 14.0. The standard InChI is InChI=1S/C9H16/c1-5-7-9(6-2)8(3)4/h5,8H,6H2,1-4H3. The van der Waals surface area contributed by atoms with Crippen LogP contribution in [-0.4, -0.2) is 0 Å². The Bertz CT molecular complexity index is 123. The number of hydrogen-bond acceptors (Lipinski definition) is 0. The van der Waals surface area contributed by atoms with Crippen LogP contribution in [0.5, 0.6) is 0 Å². The molecule has 0 aromatic heterocycles. The van der Waals surface area contributed by atoms with Gasteiger partial charge in [-0.25, -0.2) is 0 Å². The molecule has 0 saturated carbocycles. The van der Waals surface area contributed by atoms with Gasteiger partial charge in [0.15, 0.2) is 0 Å². The van der Waals surface area contributed by atoms with Crippen LogP contribution in [0.15, 0.2) is 17.4 Å². The van der Waals surface area contributed by atoms with E-state index in [1.807, 2.05) is 13.0 Å². The predicted octanol–water partition coefficient (Wildman–Crippen LogP) is 3.15. The molecule has 0 saturated heterocycles. The fourth-order valence-electron chi connectivity index (χ4n) is 0.862. The van der Waals surface area contributed by atoms with Crippen molar-refractivity contribution >= 4 is 0 Å². The summed E-state index contributed by atoms with van der Waals surface area (Å²) in [5, 5.41) is 0. The molecule has 52 valence electrons. The van der Waals surface area contributed by atoms with E-state index in [4.69, 9.17) is 0 Å². The minimum atomic E-state index is 0.659. The maximum absolute atomic E-state index is 3.22. The third kappa shape index (κ3) is 3.16. The van der Waals surface area contributed by atoms with Crippen LogP contribution in [0.4, 0.5) is 0 Å². The lowest BCUT2D eigenvalue weighted by atomic mass is 10.0. The van der Waals surface area contributed by atoms with E-state index in [2.05, 4.69) is 26.5 Å². The molecule has 0 rings (SSSR count). The van der Waals surface area contributed by atoms with Crippen LogP contribution < -0.4 is 0 Å². The van der Waals surface area contributed by atoms with Crippen molar-refractivity contribution in [3.63, 3.8) is 0 Å². The van der Waals surface area contributed by atoms with E-state index in [0.717, 1.165) is 6.42 Å². The van der Waals surface area contributed by atoms with Crippen LogP contribution in [0.3, 0.4) is 0 Å². The average molecular weight is 124 g/mol. The molecule has 0 atom stereocenters. The van der Waals surface area contributed by atoms with Gasteiger partial charge >= 0.3 is 0 Å². The van der Waals surface area contributed by atoms with Crippen LogP contribution >= 0.6 is 0 Å². The molecular formula is C9H16. The zero-order valence-corrected chi connectivity index (χ0v) is 6.86. The van der Waals surface area contributed by atoms with Crippen LogP contribution in [-0.2, 0) is 0 Å². The summed E-state index contributed by atoms with van der Waals surface area (Å²) in [5.74, 6) is 0.659. The van der Waals surface area contributed by atoms with Crippen molar-refractivity contribution in [2.75, 3.05) is 0 Å². The molecule has 0 heterocycles. The van der Waals surface area contributed by atoms with Gasteiger partial charge in [-0.2, -0.15) is 0 Å². The quantitative estimate of drug-likeness (QED) is 0.496. The Morgan fingerprint density at radius 2 is 2.11 bits per heavy atom. The summed E-state index contributed by atoms with van der Waals surface area (Å²) in [5.41, 5.74) is 4.64. The molecular weight excluding hydrogens is 108 g/mol. The molecule has 0 aliphatic heterocycles. The molecule has 0 aromatic carbocycles. The van der Waals surface area contributed by atoms with Gasteiger partial charge in [-0.05, 0) is 30.9 Å². The fourth-order valence-corrected chi connectivity index (χ4v) is 0.862. The van der Waals surface area contributed by atoms with Gasteiger partial charge in [0.05, 0.1) is 0 Å². The second kappa shape index (κ2) is 4.40. The van der Waals surface area contributed by atoms with E-state index >= 15 is 0 Å². The summed E-state index contributed by atoms with van der Waals surface area (Å²) in [7, 11) is 0. The summed E-state index contributed by atoms with van der Waals surface area (Å²) < 4.78 is 0. The first-order valence-corrected chi connectivity index (χ1v) is 3.62. The van der Waals surface area contributed by atoms with Crippen molar-refractivity contribution in [2.24, 2.45) is 5.92 Å². The molecule has 0 spiro atoms. The highest BCUT2D eigenvalue weighted by Crippen LogP contribution is 2.10. The van der Waals surface area contributed by atoms with E-state index in [0.29, 0.717) is 5.92 Å². The molecule has 0 heteroatoms. The Kier molecular flexibility index (Phi) is 4.17. The highest BCUT2D eigenvalue weighted by Gasteiger charge is 1.96. The van der Waals surface area contributed by atoms with Crippen LogP contribution in [0, 0.1) is 5.92 Å². The second-order valence-corrected chi connectivity index (χ2v) is 2.47. The normalized spacial score (nSPS) is 9.00. The van der Waals surface area contributed by atoms with Gasteiger partial charge in [0.25, 0.3) is 0 Å². The van der Waals surface area contributed by atoms with Crippen LogP contribution in [0.2, 0.25) is 0 Å². The minimum absolute atomic E-state index is 0.659. The molecule has 0 aromatic rings. The van der Waals surface area contributed by atoms with Gasteiger partial charge in [0, 0.05) is 0 Å². The smallest absolute Gasteiger partial charge is 0.0184 e. The molecule has 0 amide bonds. The zero-order valence-electron chi connectivity index (χ0n) is 6.86. The van der Waals surface area contributed by atoms with Crippen molar-refractivity contribution in [3.05, 3.63) is 17.4 Å². The molecule has 0 bridgehead atoms. The van der Waals surface area contributed by atoms with Crippen molar-refractivity contribution in [1.82, 2.24) is 0 Å². The Balaban J connectivity index is 4.16. The maximum atomic E-state index is 3.22. The monoisotopic (exact) mass is 124 g/mol. The highest BCUT2D eigenvalue weighted by molar-refractivity contribution is 5.02. The van der Waals surface area contributed by atoms with Crippen molar-refractivity contribution in [1.29, 1.82) is 0 Å². The van der Waals surface area contributed by atoms with Crippen LogP contribution in [0.25, 0.3) is 0 Å². The molecule has 0 fully saturated rings.